The van der Waals surface area contributed by atoms with Crippen molar-refractivity contribution in [3.8, 4) is 0 Å². The first-order valence-corrected chi connectivity index (χ1v) is 9.30. The van der Waals surface area contributed by atoms with E-state index in [1.807, 2.05) is 0 Å². The summed E-state index contributed by atoms with van der Waals surface area (Å²) in [5.74, 6) is -3.41. The lowest BCUT2D eigenvalue weighted by Gasteiger charge is -2.39. The molecule has 0 unspecified atom stereocenters. The third kappa shape index (κ3) is 3.13. The number of H-pyrrole nitrogens is 1. The van der Waals surface area contributed by atoms with Crippen LogP contribution in [-0.4, -0.2) is 17.6 Å². The number of carbonyl (C=O) groups excluding carboxylic acids is 1. The van der Waals surface area contributed by atoms with Crippen LogP contribution in [0.1, 0.15) is 21.6 Å². The standard InChI is InChI=1S/C21H15ClF3N3O2/c1-10-7-12(23)3-4-14(10)27-9-28(15-5-6-17(29)26-11(15)2)21(30)18-16(27)8-13(24)19(22)20(18)25/h3-8H,9H2,1-2H3,(H,26,29). The van der Waals surface area contributed by atoms with E-state index in [4.69, 9.17) is 11.6 Å². The van der Waals surface area contributed by atoms with E-state index in [1.54, 1.807) is 13.8 Å². The molecule has 2 heterocycles. The molecule has 0 saturated heterocycles. The fourth-order valence-electron chi connectivity index (χ4n) is 3.59. The Morgan fingerprint density at radius 3 is 2.30 bits per heavy atom. The number of hydrogen-bond acceptors (Lipinski definition) is 3. The van der Waals surface area contributed by atoms with Gasteiger partial charge in [-0.1, -0.05) is 11.6 Å². The summed E-state index contributed by atoms with van der Waals surface area (Å²) >= 11 is 5.74. The molecular formula is C21H15ClF3N3O2. The summed E-state index contributed by atoms with van der Waals surface area (Å²) in [4.78, 5) is 30.1. The predicted molar refractivity (Wildman–Crippen MR) is 108 cm³/mol. The maximum absolute atomic E-state index is 14.9. The molecular weight excluding hydrogens is 419 g/mol. The number of nitrogens with one attached hydrogen (secondary N) is 1. The third-order valence-electron chi connectivity index (χ3n) is 5.00. The topological polar surface area (TPSA) is 56.4 Å². The van der Waals surface area contributed by atoms with Crippen molar-refractivity contribution in [1.29, 1.82) is 0 Å². The fourth-order valence-corrected chi connectivity index (χ4v) is 3.74. The molecule has 0 atom stereocenters. The zero-order valence-corrected chi connectivity index (χ0v) is 16.6. The number of aromatic nitrogens is 1. The molecule has 154 valence electrons. The second-order valence-corrected chi connectivity index (χ2v) is 7.32. The van der Waals surface area contributed by atoms with Crippen LogP contribution < -0.4 is 15.4 Å². The lowest BCUT2D eigenvalue weighted by atomic mass is 10.0. The van der Waals surface area contributed by atoms with Crippen LogP contribution in [0.15, 0.2) is 41.2 Å². The van der Waals surface area contributed by atoms with Gasteiger partial charge in [-0.05, 0) is 43.7 Å². The highest BCUT2D eigenvalue weighted by molar-refractivity contribution is 6.32. The molecule has 0 aliphatic carbocycles. The number of amides is 1. The number of carbonyl (C=O) groups is 1. The molecule has 1 aromatic heterocycles. The van der Waals surface area contributed by atoms with Gasteiger partial charge in [-0.15, -0.1) is 0 Å². The van der Waals surface area contributed by atoms with Gasteiger partial charge in [0.15, 0.2) is 5.82 Å². The largest absolute Gasteiger partial charge is 0.324 e. The highest BCUT2D eigenvalue weighted by atomic mass is 35.5. The Kier molecular flexibility index (Phi) is 4.82. The van der Waals surface area contributed by atoms with E-state index >= 15 is 0 Å². The average Bonchev–Trinajstić information content (AvgIpc) is 2.67. The molecule has 30 heavy (non-hydrogen) atoms. The molecule has 0 radical (unpaired) electrons. The summed E-state index contributed by atoms with van der Waals surface area (Å²) in [6.45, 7) is 3.12. The number of aromatic amines is 1. The van der Waals surface area contributed by atoms with Crippen molar-refractivity contribution < 1.29 is 18.0 Å². The minimum absolute atomic E-state index is 0.0209. The number of halogens is 4. The van der Waals surface area contributed by atoms with Crippen molar-refractivity contribution in [2.24, 2.45) is 0 Å². The molecule has 0 spiro atoms. The summed E-state index contributed by atoms with van der Waals surface area (Å²) in [5.41, 5.74) is 0.902. The number of benzene rings is 2. The van der Waals surface area contributed by atoms with Crippen LogP contribution in [0.5, 0.6) is 0 Å². The van der Waals surface area contributed by atoms with Crippen molar-refractivity contribution in [3.05, 3.63) is 86.0 Å². The first-order valence-electron chi connectivity index (χ1n) is 8.92. The van der Waals surface area contributed by atoms with Crippen molar-refractivity contribution in [2.75, 3.05) is 16.5 Å². The number of nitrogens with zero attached hydrogens (tertiary/aromatic N) is 2. The smallest absolute Gasteiger partial charge is 0.264 e. The third-order valence-corrected chi connectivity index (χ3v) is 5.35. The fraction of sp³-hybridized carbons (Fsp3) is 0.143. The number of aryl methyl sites for hydroxylation is 2. The van der Waals surface area contributed by atoms with Gasteiger partial charge in [-0.25, -0.2) is 13.2 Å². The van der Waals surface area contributed by atoms with E-state index in [0.717, 1.165) is 6.07 Å². The summed E-state index contributed by atoms with van der Waals surface area (Å²) in [5, 5.41) is -0.794. The quantitative estimate of drug-likeness (QED) is 0.590. The number of fused-ring (bicyclic) bond motifs is 1. The molecule has 1 aliphatic rings. The lowest BCUT2D eigenvalue weighted by molar-refractivity contribution is 0.0979. The number of pyridine rings is 1. The van der Waals surface area contributed by atoms with Crippen LogP contribution in [0.3, 0.4) is 0 Å². The molecule has 3 aromatic rings. The average molecular weight is 434 g/mol. The number of hydrogen-bond donors (Lipinski definition) is 1. The van der Waals surface area contributed by atoms with Gasteiger partial charge in [-0.3, -0.25) is 14.5 Å². The van der Waals surface area contributed by atoms with Gasteiger partial charge in [0.1, 0.15) is 28.9 Å². The highest BCUT2D eigenvalue weighted by Gasteiger charge is 2.37. The SMILES string of the molecule is Cc1cc(F)ccc1N1CN(c2ccc(=O)[nH]c2C)C(=O)c2c1cc(F)c(Cl)c2F. The highest BCUT2D eigenvalue weighted by Crippen LogP contribution is 2.41. The van der Waals surface area contributed by atoms with E-state index < -0.39 is 33.9 Å². The molecule has 1 aliphatic heterocycles. The number of anilines is 3. The van der Waals surface area contributed by atoms with Gasteiger partial charge < -0.3 is 9.88 Å². The molecule has 4 rings (SSSR count). The van der Waals surface area contributed by atoms with Crippen LogP contribution in [0.4, 0.5) is 30.2 Å². The van der Waals surface area contributed by atoms with Crippen molar-refractivity contribution >= 4 is 34.6 Å². The molecule has 9 heteroatoms. The van der Waals surface area contributed by atoms with E-state index in [2.05, 4.69) is 4.98 Å². The van der Waals surface area contributed by atoms with Crippen molar-refractivity contribution in [3.63, 3.8) is 0 Å². The minimum atomic E-state index is -1.19. The van der Waals surface area contributed by atoms with Gasteiger partial charge >= 0.3 is 0 Å². The molecule has 0 saturated carbocycles. The minimum Gasteiger partial charge on any atom is -0.324 e. The maximum Gasteiger partial charge on any atom is 0.264 e. The summed E-state index contributed by atoms with van der Waals surface area (Å²) < 4.78 is 42.8. The molecule has 0 bridgehead atoms. The first kappa shape index (κ1) is 20.0. The van der Waals surface area contributed by atoms with E-state index in [1.165, 1.54) is 40.1 Å². The second-order valence-electron chi connectivity index (χ2n) is 6.95. The molecule has 5 nitrogen and oxygen atoms in total. The van der Waals surface area contributed by atoms with Crippen LogP contribution in [0.2, 0.25) is 5.02 Å². The van der Waals surface area contributed by atoms with Crippen molar-refractivity contribution in [1.82, 2.24) is 4.98 Å². The summed E-state index contributed by atoms with van der Waals surface area (Å²) in [6, 6.07) is 7.63. The summed E-state index contributed by atoms with van der Waals surface area (Å²) in [6.07, 6.45) is 0. The summed E-state index contributed by atoms with van der Waals surface area (Å²) in [7, 11) is 0. The van der Waals surface area contributed by atoms with Crippen LogP contribution in [0, 0.1) is 31.3 Å². The Balaban J connectivity index is 1.98. The van der Waals surface area contributed by atoms with Gasteiger partial charge in [0.05, 0.1) is 11.4 Å². The van der Waals surface area contributed by atoms with Crippen LogP contribution >= 0.6 is 11.6 Å². The van der Waals surface area contributed by atoms with Gasteiger partial charge in [0.25, 0.3) is 5.91 Å². The molecule has 1 amide bonds. The zero-order chi connectivity index (χ0) is 21.7. The Morgan fingerprint density at radius 1 is 0.933 bits per heavy atom. The monoisotopic (exact) mass is 433 g/mol. The zero-order valence-electron chi connectivity index (χ0n) is 15.9. The predicted octanol–water partition coefficient (Wildman–Crippen LogP) is 4.82. The van der Waals surface area contributed by atoms with Gasteiger partial charge in [0, 0.05) is 23.5 Å². The van der Waals surface area contributed by atoms with Crippen molar-refractivity contribution in [2.45, 2.75) is 13.8 Å². The van der Waals surface area contributed by atoms with E-state index in [0.29, 0.717) is 22.6 Å². The first-order chi connectivity index (χ1) is 14.2. The normalized spacial score (nSPS) is 13.6. The molecule has 2 aromatic carbocycles. The van der Waals surface area contributed by atoms with Crippen LogP contribution in [-0.2, 0) is 0 Å². The van der Waals surface area contributed by atoms with Crippen LogP contribution in [0.25, 0.3) is 0 Å². The van der Waals surface area contributed by atoms with Gasteiger partial charge in [-0.2, -0.15) is 0 Å². The van der Waals surface area contributed by atoms with E-state index in [-0.39, 0.29) is 17.9 Å². The second kappa shape index (κ2) is 7.21. The Morgan fingerprint density at radius 2 is 1.63 bits per heavy atom. The Hall–Kier alpha value is -3.26. The maximum atomic E-state index is 14.9. The number of rotatable bonds is 2. The lowest BCUT2D eigenvalue weighted by Crippen LogP contribution is -2.46. The Labute approximate surface area is 174 Å². The van der Waals surface area contributed by atoms with Gasteiger partial charge in [0.2, 0.25) is 5.56 Å². The molecule has 1 N–H and O–H groups in total. The molecule has 0 fully saturated rings. The van der Waals surface area contributed by atoms with E-state index in [9.17, 15) is 22.8 Å². The Bertz CT molecular complexity index is 1260.